The maximum absolute atomic E-state index is 13.0. The minimum atomic E-state index is -0.454. The van der Waals surface area contributed by atoms with Crippen LogP contribution in [0.5, 0.6) is 0 Å². The summed E-state index contributed by atoms with van der Waals surface area (Å²) in [5.41, 5.74) is 1.51. The van der Waals surface area contributed by atoms with Gasteiger partial charge in [-0.05, 0) is 42.5 Å². The molecule has 2 aromatic rings. The number of anilines is 2. The first-order valence-electron chi connectivity index (χ1n) is 5.23. The summed E-state index contributed by atoms with van der Waals surface area (Å²) in [6.45, 7) is 0. The van der Waals surface area contributed by atoms with Gasteiger partial charge in [-0.25, -0.2) is 4.39 Å². The Morgan fingerprint density at radius 1 is 1.00 bits per heavy atom. The molecule has 0 amide bonds. The van der Waals surface area contributed by atoms with Crippen LogP contribution in [0.3, 0.4) is 0 Å². The largest absolute Gasteiger partial charge is 0.332 e. The normalized spacial score (nSPS) is 9.89. The predicted octanol–water partition coefficient (Wildman–Crippen LogP) is 4.29. The van der Waals surface area contributed by atoms with Crippen LogP contribution >= 0.6 is 23.8 Å². The third kappa shape index (κ3) is 3.42. The minimum absolute atomic E-state index is 0.0579. The molecule has 18 heavy (non-hydrogen) atoms. The van der Waals surface area contributed by atoms with Crippen LogP contribution < -0.4 is 10.6 Å². The molecule has 0 radical (unpaired) electrons. The lowest BCUT2D eigenvalue weighted by atomic mass is 10.3. The summed E-state index contributed by atoms with van der Waals surface area (Å²) in [6, 6.07) is 13.9. The lowest BCUT2D eigenvalue weighted by Crippen LogP contribution is -2.18. The molecule has 2 N–H and O–H groups in total. The SMILES string of the molecule is Fc1ccc(NC(=S)Nc2ccccc2)cc1Cl. The van der Waals surface area contributed by atoms with E-state index in [9.17, 15) is 4.39 Å². The van der Waals surface area contributed by atoms with E-state index in [0.717, 1.165) is 5.69 Å². The zero-order chi connectivity index (χ0) is 13.0. The van der Waals surface area contributed by atoms with Crippen molar-refractivity contribution in [3.63, 3.8) is 0 Å². The Morgan fingerprint density at radius 2 is 1.67 bits per heavy atom. The summed E-state index contributed by atoms with van der Waals surface area (Å²) >= 11 is 10.8. The van der Waals surface area contributed by atoms with Crippen LogP contribution in [-0.4, -0.2) is 5.11 Å². The van der Waals surface area contributed by atoms with E-state index in [1.165, 1.54) is 12.1 Å². The predicted molar refractivity (Wildman–Crippen MR) is 77.7 cm³/mol. The molecular formula is C13H10ClFN2S. The summed E-state index contributed by atoms with van der Waals surface area (Å²) in [7, 11) is 0. The van der Waals surface area contributed by atoms with Crippen LogP contribution in [0.1, 0.15) is 0 Å². The third-order valence-electron chi connectivity index (χ3n) is 2.21. The molecule has 0 aromatic heterocycles. The third-order valence-corrected chi connectivity index (χ3v) is 2.70. The Morgan fingerprint density at radius 3 is 2.33 bits per heavy atom. The molecule has 0 saturated carbocycles. The van der Waals surface area contributed by atoms with Gasteiger partial charge in [0.1, 0.15) is 5.82 Å². The molecule has 2 nitrogen and oxygen atoms in total. The molecule has 0 heterocycles. The number of benzene rings is 2. The molecule has 0 fully saturated rings. The van der Waals surface area contributed by atoms with E-state index >= 15 is 0 Å². The number of thiocarbonyl (C=S) groups is 1. The summed E-state index contributed by atoms with van der Waals surface area (Å²) in [6.07, 6.45) is 0. The molecule has 2 aromatic carbocycles. The number of rotatable bonds is 2. The summed E-state index contributed by atoms with van der Waals surface area (Å²) < 4.78 is 13.0. The molecule has 92 valence electrons. The van der Waals surface area contributed by atoms with Crippen LogP contribution in [0.4, 0.5) is 15.8 Å². The Kier molecular flexibility index (Phi) is 4.12. The van der Waals surface area contributed by atoms with E-state index < -0.39 is 5.82 Å². The van der Waals surface area contributed by atoms with Gasteiger partial charge in [-0.2, -0.15) is 0 Å². The molecule has 0 aliphatic carbocycles. The van der Waals surface area contributed by atoms with Gasteiger partial charge in [0.15, 0.2) is 5.11 Å². The van der Waals surface area contributed by atoms with Crippen LogP contribution in [0.2, 0.25) is 5.02 Å². The van der Waals surface area contributed by atoms with Gasteiger partial charge in [0.25, 0.3) is 0 Å². The molecule has 0 aliphatic heterocycles. The van der Waals surface area contributed by atoms with Gasteiger partial charge in [-0.3, -0.25) is 0 Å². The van der Waals surface area contributed by atoms with Crippen molar-refractivity contribution in [2.45, 2.75) is 0 Å². The molecule has 2 rings (SSSR count). The lowest BCUT2D eigenvalue weighted by molar-refractivity contribution is 0.628. The van der Waals surface area contributed by atoms with Crippen molar-refractivity contribution in [3.8, 4) is 0 Å². The summed E-state index contributed by atoms with van der Waals surface area (Å²) in [5.74, 6) is -0.454. The Labute approximate surface area is 115 Å². The molecule has 5 heteroatoms. The zero-order valence-corrected chi connectivity index (χ0v) is 10.9. The Balaban J connectivity index is 2.01. The first kappa shape index (κ1) is 12.8. The second kappa shape index (κ2) is 5.80. The smallest absolute Gasteiger partial charge is 0.175 e. The van der Waals surface area contributed by atoms with Gasteiger partial charge in [0, 0.05) is 11.4 Å². The van der Waals surface area contributed by atoms with E-state index in [1.54, 1.807) is 6.07 Å². The highest BCUT2D eigenvalue weighted by molar-refractivity contribution is 7.80. The van der Waals surface area contributed by atoms with Crippen molar-refractivity contribution in [2.75, 3.05) is 10.6 Å². The Hall–Kier alpha value is -1.65. The number of hydrogen-bond donors (Lipinski definition) is 2. The number of hydrogen-bond acceptors (Lipinski definition) is 1. The zero-order valence-electron chi connectivity index (χ0n) is 9.28. The highest BCUT2D eigenvalue weighted by Gasteiger charge is 2.02. The second-order valence-electron chi connectivity index (χ2n) is 3.57. The molecule has 0 spiro atoms. The number of para-hydroxylation sites is 1. The van der Waals surface area contributed by atoms with Crippen molar-refractivity contribution in [2.24, 2.45) is 0 Å². The molecule has 0 saturated heterocycles. The standard InChI is InChI=1S/C13H10ClFN2S/c14-11-8-10(6-7-12(11)15)17-13(18)16-9-4-2-1-3-5-9/h1-8H,(H2,16,17,18). The molecule has 0 aliphatic rings. The van der Waals surface area contributed by atoms with Crippen molar-refractivity contribution in [1.82, 2.24) is 0 Å². The molecule has 0 unspecified atom stereocenters. The van der Waals surface area contributed by atoms with Gasteiger partial charge in [0.05, 0.1) is 5.02 Å². The van der Waals surface area contributed by atoms with Crippen LogP contribution in [0.15, 0.2) is 48.5 Å². The quantitative estimate of drug-likeness (QED) is 0.803. The number of halogens is 2. The fraction of sp³-hybridized carbons (Fsp3) is 0. The maximum Gasteiger partial charge on any atom is 0.175 e. The maximum atomic E-state index is 13.0. The fourth-order valence-corrected chi connectivity index (χ4v) is 1.81. The van der Waals surface area contributed by atoms with Crippen molar-refractivity contribution >= 4 is 40.3 Å². The highest BCUT2D eigenvalue weighted by Crippen LogP contribution is 2.19. The van der Waals surface area contributed by atoms with Crippen LogP contribution in [-0.2, 0) is 0 Å². The van der Waals surface area contributed by atoms with Gasteiger partial charge in [0.2, 0.25) is 0 Å². The van der Waals surface area contributed by atoms with E-state index in [0.29, 0.717) is 10.8 Å². The van der Waals surface area contributed by atoms with Gasteiger partial charge in [-0.1, -0.05) is 29.8 Å². The minimum Gasteiger partial charge on any atom is -0.332 e. The van der Waals surface area contributed by atoms with Crippen molar-refractivity contribution in [3.05, 3.63) is 59.4 Å². The van der Waals surface area contributed by atoms with Crippen LogP contribution in [0.25, 0.3) is 0 Å². The van der Waals surface area contributed by atoms with Crippen molar-refractivity contribution in [1.29, 1.82) is 0 Å². The Bertz CT molecular complexity index is 560. The van der Waals surface area contributed by atoms with E-state index in [-0.39, 0.29) is 5.02 Å². The second-order valence-corrected chi connectivity index (χ2v) is 4.39. The monoisotopic (exact) mass is 280 g/mol. The summed E-state index contributed by atoms with van der Waals surface area (Å²) in [4.78, 5) is 0. The van der Waals surface area contributed by atoms with E-state index in [2.05, 4.69) is 10.6 Å². The van der Waals surface area contributed by atoms with Crippen LogP contribution in [0, 0.1) is 5.82 Å². The average molecular weight is 281 g/mol. The van der Waals surface area contributed by atoms with E-state index in [4.69, 9.17) is 23.8 Å². The topological polar surface area (TPSA) is 24.1 Å². The first-order valence-corrected chi connectivity index (χ1v) is 6.02. The fourth-order valence-electron chi connectivity index (χ4n) is 1.39. The molecule has 0 bridgehead atoms. The van der Waals surface area contributed by atoms with Gasteiger partial charge in [-0.15, -0.1) is 0 Å². The van der Waals surface area contributed by atoms with Gasteiger partial charge < -0.3 is 10.6 Å². The van der Waals surface area contributed by atoms with Gasteiger partial charge >= 0.3 is 0 Å². The number of nitrogens with one attached hydrogen (secondary N) is 2. The average Bonchev–Trinajstić information content (AvgIpc) is 2.35. The molecule has 0 atom stereocenters. The first-order chi connectivity index (χ1) is 8.65. The molecular weight excluding hydrogens is 271 g/mol. The lowest BCUT2D eigenvalue weighted by Gasteiger charge is -2.10. The highest BCUT2D eigenvalue weighted by atomic mass is 35.5. The summed E-state index contributed by atoms with van der Waals surface area (Å²) in [5, 5.41) is 6.41. The van der Waals surface area contributed by atoms with E-state index in [1.807, 2.05) is 30.3 Å². The van der Waals surface area contributed by atoms with Crippen molar-refractivity contribution < 1.29 is 4.39 Å².